The van der Waals surface area contributed by atoms with Crippen LogP contribution < -0.4 is 10.6 Å². The first kappa shape index (κ1) is 12.8. The van der Waals surface area contributed by atoms with Gasteiger partial charge in [0.1, 0.15) is 11.6 Å². The van der Waals surface area contributed by atoms with Crippen molar-refractivity contribution in [3.8, 4) is 0 Å². The molecule has 1 aromatic carbocycles. The first-order chi connectivity index (χ1) is 8.65. The van der Waals surface area contributed by atoms with Crippen LogP contribution in [0.2, 0.25) is 0 Å². The van der Waals surface area contributed by atoms with Crippen LogP contribution in [-0.4, -0.2) is 18.5 Å². The lowest BCUT2D eigenvalue weighted by Crippen LogP contribution is -2.36. The highest BCUT2D eigenvalue weighted by Crippen LogP contribution is 2.18. The number of hydrogen-bond acceptors (Lipinski definition) is 2. The quantitative estimate of drug-likeness (QED) is 0.866. The Labute approximate surface area is 105 Å². The second kappa shape index (κ2) is 5.80. The average molecular weight is 254 g/mol. The first-order valence-corrected chi connectivity index (χ1v) is 6.13. The molecule has 2 rings (SSSR count). The van der Waals surface area contributed by atoms with E-state index < -0.39 is 11.6 Å². The van der Waals surface area contributed by atoms with Gasteiger partial charge in [0.05, 0.1) is 12.2 Å². The van der Waals surface area contributed by atoms with Crippen LogP contribution in [0.3, 0.4) is 0 Å². The number of rotatable bonds is 4. The van der Waals surface area contributed by atoms with Crippen molar-refractivity contribution in [1.29, 1.82) is 0 Å². The van der Waals surface area contributed by atoms with Crippen molar-refractivity contribution in [3.05, 3.63) is 29.8 Å². The third-order valence-electron chi connectivity index (χ3n) is 3.09. The van der Waals surface area contributed by atoms with Gasteiger partial charge in [-0.2, -0.15) is 0 Å². The lowest BCUT2D eigenvalue weighted by molar-refractivity contribution is -0.120. The number of anilines is 1. The van der Waals surface area contributed by atoms with E-state index in [2.05, 4.69) is 10.6 Å². The van der Waals surface area contributed by atoms with E-state index in [9.17, 15) is 13.6 Å². The molecule has 1 aliphatic carbocycles. The van der Waals surface area contributed by atoms with Crippen molar-refractivity contribution in [2.75, 3.05) is 11.9 Å². The van der Waals surface area contributed by atoms with Crippen LogP contribution in [-0.2, 0) is 4.79 Å². The molecule has 1 saturated carbocycles. The summed E-state index contributed by atoms with van der Waals surface area (Å²) in [5, 5.41) is 5.47. The Balaban J connectivity index is 1.83. The predicted octanol–water partition coefficient (Wildman–Crippen LogP) is 2.44. The Hall–Kier alpha value is -1.65. The maximum Gasteiger partial charge on any atom is 0.239 e. The van der Waals surface area contributed by atoms with E-state index in [1.165, 1.54) is 0 Å². The summed E-state index contributed by atoms with van der Waals surface area (Å²) in [5.41, 5.74) is 0.0107. The molecule has 5 heteroatoms. The Kier molecular flexibility index (Phi) is 4.12. The van der Waals surface area contributed by atoms with Gasteiger partial charge in [0, 0.05) is 6.04 Å². The highest BCUT2D eigenvalue weighted by molar-refractivity contribution is 5.81. The molecule has 0 bridgehead atoms. The van der Waals surface area contributed by atoms with Gasteiger partial charge in [0.25, 0.3) is 0 Å². The smallest absolute Gasteiger partial charge is 0.239 e. The Morgan fingerprint density at radius 1 is 1.28 bits per heavy atom. The van der Waals surface area contributed by atoms with E-state index >= 15 is 0 Å². The van der Waals surface area contributed by atoms with Gasteiger partial charge in [-0.1, -0.05) is 12.8 Å². The van der Waals surface area contributed by atoms with Crippen LogP contribution in [0.15, 0.2) is 18.2 Å². The summed E-state index contributed by atoms with van der Waals surface area (Å²) in [6, 6.07) is 3.35. The summed E-state index contributed by atoms with van der Waals surface area (Å²) < 4.78 is 26.2. The third-order valence-corrected chi connectivity index (χ3v) is 3.09. The lowest BCUT2D eigenvalue weighted by Gasteiger charge is -2.13. The minimum atomic E-state index is -0.565. The number of benzene rings is 1. The minimum Gasteiger partial charge on any atom is -0.374 e. The van der Waals surface area contributed by atoms with E-state index in [0.29, 0.717) is 0 Å². The van der Waals surface area contributed by atoms with Crippen molar-refractivity contribution in [1.82, 2.24) is 5.32 Å². The molecule has 3 nitrogen and oxygen atoms in total. The largest absolute Gasteiger partial charge is 0.374 e. The van der Waals surface area contributed by atoms with E-state index in [1.807, 2.05) is 0 Å². The van der Waals surface area contributed by atoms with Gasteiger partial charge in [0.15, 0.2) is 0 Å². The average Bonchev–Trinajstić information content (AvgIpc) is 2.83. The summed E-state index contributed by atoms with van der Waals surface area (Å²) in [6.07, 6.45) is 4.27. The number of carbonyl (C=O) groups excluding carboxylic acids is 1. The summed E-state index contributed by atoms with van der Waals surface area (Å²) in [7, 11) is 0. The van der Waals surface area contributed by atoms with E-state index in [0.717, 1.165) is 43.9 Å². The fraction of sp³-hybridized carbons (Fsp3) is 0.462. The van der Waals surface area contributed by atoms with Gasteiger partial charge >= 0.3 is 0 Å². The van der Waals surface area contributed by atoms with Crippen LogP contribution in [0.25, 0.3) is 0 Å². The maximum absolute atomic E-state index is 13.3. The molecule has 0 aromatic heterocycles. The fourth-order valence-electron chi connectivity index (χ4n) is 2.16. The number of amides is 1. The van der Waals surface area contributed by atoms with Crippen molar-refractivity contribution >= 4 is 11.6 Å². The Morgan fingerprint density at radius 3 is 2.72 bits per heavy atom. The second-order valence-electron chi connectivity index (χ2n) is 4.53. The van der Waals surface area contributed by atoms with Crippen LogP contribution >= 0.6 is 0 Å². The van der Waals surface area contributed by atoms with Crippen molar-refractivity contribution in [2.24, 2.45) is 0 Å². The molecule has 1 aliphatic rings. The van der Waals surface area contributed by atoms with Gasteiger partial charge in [-0.25, -0.2) is 8.78 Å². The van der Waals surface area contributed by atoms with Gasteiger partial charge < -0.3 is 10.6 Å². The Morgan fingerprint density at radius 2 is 2.00 bits per heavy atom. The first-order valence-electron chi connectivity index (χ1n) is 6.13. The van der Waals surface area contributed by atoms with Gasteiger partial charge in [-0.05, 0) is 31.0 Å². The number of hydrogen-bond donors (Lipinski definition) is 2. The number of carbonyl (C=O) groups is 1. The van der Waals surface area contributed by atoms with Gasteiger partial charge in [-0.15, -0.1) is 0 Å². The van der Waals surface area contributed by atoms with E-state index in [1.54, 1.807) is 0 Å². The molecule has 0 heterocycles. The number of nitrogens with one attached hydrogen (secondary N) is 2. The second-order valence-corrected chi connectivity index (χ2v) is 4.53. The highest BCUT2D eigenvalue weighted by atomic mass is 19.1. The molecule has 0 aliphatic heterocycles. The zero-order valence-corrected chi connectivity index (χ0v) is 10.0. The molecule has 1 amide bonds. The third kappa shape index (κ3) is 3.42. The topological polar surface area (TPSA) is 41.1 Å². The molecule has 0 atom stereocenters. The minimum absolute atomic E-state index is 0.0107. The van der Waals surface area contributed by atoms with Crippen LogP contribution in [0.5, 0.6) is 0 Å². The molecule has 1 aromatic rings. The molecular formula is C13H16F2N2O. The molecular weight excluding hydrogens is 238 g/mol. The SMILES string of the molecule is O=C(CNc1cc(F)ccc1F)NC1CCCC1. The molecule has 1 fully saturated rings. The zero-order chi connectivity index (χ0) is 13.0. The van der Waals surface area contributed by atoms with Gasteiger partial charge in [0.2, 0.25) is 5.91 Å². The monoisotopic (exact) mass is 254 g/mol. The maximum atomic E-state index is 13.3. The lowest BCUT2D eigenvalue weighted by atomic mass is 10.2. The summed E-state index contributed by atoms with van der Waals surface area (Å²) >= 11 is 0. The van der Waals surface area contributed by atoms with Crippen LogP contribution in [0.1, 0.15) is 25.7 Å². The van der Waals surface area contributed by atoms with E-state index in [-0.39, 0.29) is 24.2 Å². The summed E-state index contributed by atoms with van der Waals surface area (Å²) in [4.78, 5) is 11.6. The number of halogens is 2. The summed E-state index contributed by atoms with van der Waals surface area (Å²) in [6.45, 7) is -0.0448. The fourth-order valence-corrected chi connectivity index (χ4v) is 2.16. The molecule has 0 spiro atoms. The van der Waals surface area contributed by atoms with Crippen LogP contribution in [0, 0.1) is 11.6 Å². The molecule has 0 saturated heterocycles. The molecule has 18 heavy (non-hydrogen) atoms. The van der Waals surface area contributed by atoms with Crippen LogP contribution in [0.4, 0.5) is 14.5 Å². The predicted molar refractivity (Wildman–Crippen MR) is 65.2 cm³/mol. The normalized spacial score (nSPS) is 15.7. The Bertz CT molecular complexity index is 431. The van der Waals surface area contributed by atoms with Crippen molar-refractivity contribution in [3.63, 3.8) is 0 Å². The van der Waals surface area contributed by atoms with E-state index in [4.69, 9.17) is 0 Å². The van der Waals surface area contributed by atoms with Crippen molar-refractivity contribution in [2.45, 2.75) is 31.7 Å². The highest BCUT2D eigenvalue weighted by Gasteiger charge is 2.16. The van der Waals surface area contributed by atoms with Gasteiger partial charge in [-0.3, -0.25) is 4.79 Å². The zero-order valence-electron chi connectivity index (χ0n) is 10.0. The van der Waals surface area contributed by atoms with Crippen molar-refractivity contribution < 1.29 is 13.6 Å². The standard InChI is InChI=1S/C13H16F2N2O/c14-9-5-6-11(15)12(7-9)16-8-13(18)17-10-3-1-2-4-10/h5-7,10,16H,1-4,8H2,(H,17,18). The molecule has 0 radical (unpaired) electrons. The summed E-state index contributed by atoms with van der Waals surface area (Å²) in [5.74, 6) is -1.29. The molecule has 98 valence electrons. The molecule has 2 N–H and O–H groups in total. The molecule has 0 unspecified atom stereocenters.